The minimum Gasteiger partial charge on any atom is -0.324 e. The average Bonchev–Trinajstić information content (AvgIpc) is 3.00. The highest BCUT2D eigenvalue weighted by Gasteiger charge is 2.10. The number of hydrogen-bond donors (Lipinski definition) is 1. The summed E-state index contributed by atoms with van der Waals surface area (Å²) in [6.45, 7) is 0.459. The van der Waals surface area contributed by atoms with Gasteiger partial charge in [-0.15, -0.1) is 23.1 Å². The summed E-state index contributed by atoms with van der Waals surface area (Å²) < 4.78 is 2.14. The van der Waals surface area contributed by atoms with Gasteiger partial charge in [0.25, 0.3) is 0 Å². The van der Waals surface area contributed by atoms with Gasteiger partial charge in [0.2, 0.25) is 0 Å². The molecule has 0 aliphatic carbocycles. The van der Waals surface area contributed by atoms with Gasteiger partial charge in [-0.25, -0.2) is 4.98 Å². The monoisotopic (exact) mass is 275 g/mol. The molecule has 0 unspecified atom stereocenters. The van der Waals surface area contributed by atoms with Crippen molar-refractivity contribution in [3.8, 4) is 11.3 Å². The number of benzene rings is 1. The second-order valence-electron chi connectivity index (χ2n) is 3.90. The maximum Gasteiger partial charge on any atom is 0.128 e. The van der Waals surface area contributed by atoms with E-state index in [4.69, 9.17) is 5.73 Å². The lowest BCUT2D eigenvalue weighted by atomic mass is 10.2. The van der Waals surface area contributed by atoms with Crippen molar-refractivity contribution in [3.63, 3.8) is 0 Å². The summed E-state index contributed by atoms with van der Waals surface area (Å²) in [5.41, 5.74) is 8.10. The van der Waals surface area contributed by atoms with Gasteiger partial charge in [0.1, 0.15) is 10.7 Å². The van der Waals surface area contributed by atoms with Gasteiger partial charge < -0.3 is 5.73 Å². The fourth-order valence-corrected chi connectivity index (χ4v) is 3.29. The van der Waals surface area contributed by atoms with Gasteiger partial charge in [0, 0.05) is 10.3 Å². The van der Waals surface area contributed by atoms with Crippen LogP contribution >= 0.6 is 23.1 Å². The Morgan fingerprint density at radius 1 is 1.33 bits per heavy atom. The molecule has 0 aliphatic heterocycles. The zero-order valence-electron chi connectivity index (χ0n) is 9.96. The fraction of sp³-hybridized carbons (Fsp3) is 0.154. The van der Waals surface area contributed by atoms with Crippen molar-refractivity contribution >= 4 is 27.9 Å². The van der Waals surface area contributed by atoms with Crippen molar-refractivity contribution in [1.82, 2.24) is 9.38 Å². The van der Waals surface area contributed by atoms with Crippen LogP contribution in [0.1, 0.15) is 5.82 Å². The Morgan fingerprint density at radius 3 is 2.78 bits per heavy atom. The van der Waals surface area contributed by atoms with Crippen molar-refractivity contribution in [1.29, 1.82) is 0 Å². The number of rotatable bonds is 3. The summed E-state index contributed by atoms with van der Waals surface area (Å²) in [5, 5.41) is 2.16. The van der Waals surface area contributed by atoms with E-state index in [2.05, 4.69) is 45.3 Å². The molecule has 92 valence electrons. The fourth-order valence-electron chi connectivity index (χ4n) is 1.99. The molecule has 1 aromatic carbocycles. The molecule has 2 N–H and O–H groups in total. The summed E-state index contributed by atoms with van der Waals surface area (Å²) in [4.78, 5) is 6.75. The molecule has 2 aromatic heterocycles. The molecule has 0 fully saturated rings. The summed E-state index contributed by atoms with van der Waals surface area (Å²) in [7, 11) is 0. The van der Waals surface area contributed by atoms with Crippen LogP contribution in [0.25, 0.3) is 16.1 Å². The molecule has 0 aliphatic rings. The largest absolute Gasteiger partial charge is 0.324 e. The highest BCUT2D eigenvalue weighted by atomic mass is 32.2. The van der Waals surface area contributed by atoms with Crippen molar-refractivity contribution < 1.29 is 0 Å². The van der Waals surface area contributed by atoms with Crippen LogP contribution in [-0.2, 0) is 6.54 Å². The summed E-state index contributed by atoms with van der Waals surface area (Å²) in [6, 6.07) is 8.58. The van der Waals surface area contributed by atoms with Gasteiger partial charge in [-0.3, -0.25) is 4.40 Å². The lowest BCUT2D eigenvalue weighted by Gasteiger charge is -2.03. The first-order chi connectivity index (χ1) is 8.83. The molecule has 5 heteroatoms. The lowest BCUT2D eigenvalue weighted by Crippen LogP contribution is -2.02. The zero-order valence-corrected chi connectivity index (χ0v) is 11.6. The smallest absolute Gasteiger partial charge is 0.128 e. The molecule has 0 saturated heterocycles. The third-order valence-electron chi connectivity index (χ3n) is 2.90. The first-order valence-corrected chi connectivity index (χ1v) is 7.72. The highest BCUT2D eigenvalue weighted by Crippen LogP contribution is 2.28. The van der Waals surface area contributed by atoms with Crippen LogP contribution in [0.3, 0.4) is 0 Å². The Morgan fingerprint density at radius 2 is 2.11 bits per heavy atom. The second-order valence-corrected chi connectivity index (χ2v) is 5.67. The SMILES string of the molecule is CSc1ccc(-c2csc3cnc(CN)n23)cc1. The van der Waals surface area contributed by atoms with Crippen molar-refractivity contribution in [2.24, 2.45) is 5.73 Å². The van der Waals surface area contributed by atoms with Gasteiger partial charge in [0.05, 0.1) is 18.4 Å². The number of imidazole rings is 1. The molecular formula is C13H13N3S2. The number of aromatic nitrogens is 2. The van der Waals surface area contributed by atoms with Crippen molar-refractivity contribution in [3.05, 3.63) is 41.7 Å². The number of fused-ring (bicyclic) bond motifs is 1. The van der Waals surface area contributed by atoms with E-state index in [1.165, 1.54) is 16.2 Å². The Kier molecular flexibility index (Phi) is 3.11. The van der Waals surface area contributed by atoms with Crippen LogP contribution in [0.4, 0.5) is 0 Å². The zero-order chi connectivity index (χ0) is 12.5. The standard InChI is InChI=1S/C13H13N3S2/c1-17-10-4-2-9(3-5-10)11-8-18-13-7-15-12(6-14)16(11)13/h2-5,7-8H,6,14H2,1H3. The van der Waals surface area contributed by atoms with E-state index < -0.39 is 0 Å². The molecule has 0 atom stereocenters. The molecule has 0 radical (unpaired) electrons. The quantitative estimate of drug-likeness (QED) is 0.746. The molecule has 0 spiro atoms. The summed E-state index contributed by atoms with van der Waals surface area (Å²) in [6.07, 6.45) is 3.97. The van der Waals surface area contributed by atoms with Gasteiger partial charge in [-0.1, -0.05) is 12.1 Å². The van der Waals surface area contributed by atoms with E-state index >= 15 is 0 Å². The van der Waals surface area contributed by atoms with Crippen molar-refractivity contribution in [2.75, 3.05) is 6.26 Å². The van der Waals surface area contributed by atoms with Crippen molar-refractivity contribution in [2.45, 2.75) is 11.4 Å². The van der Waals surface area contributed by atoms with Crippen LogP contribution in [0, 0.1) is 0 Å². The van der Waals surface area contributed by atoms with Gasteiger partial charge >= 0.3 is 0 Å². The van der Waals surface area contributed by atoms with E-state index in [1.54, 1.807) is 23.1 Å². The van der Waals surface area contributed by atoms with Crippen LogP contribution in [0.5, 0.6) is 0 Å². The average molecular weight is 275 g/mol. The molecule has 0 amide bonds. The van der Waals surface area contributed by atoms with Crippen LogP contribution in [0.15, 0.2) is 40.7 Å². The molecule has 2 heterocycles. The number of hydrogen-bond acceptors (Lipinski definition) is 4. The molecular weight excluding hydrogens is 262 g/mol. The first kappa shape index (κ1) is 11.8. The van der Waals surface area contributed by atoms with Gasteiger partial charge in [0.15, 0.2) is 0 Å². The molecule has 18 heavy (non-hydrogen) atoms. The minimum absolute atomic E-state index is 0.459. The Balaban J connectivity index is 2.14. The van der Waals surface area contributed by atoms with Gasteiger partial charge in [-0.05, 0) is 24.0 Å². The third-order valence-corrected chi connectivity index (χ3v) is 4.52. The Labute approximate surface area is 114 Å². The topological polar surface area (TPSA) is 43.3 Å². The molecule has 3 nitrogen and oxygen atoms in total. The van der Waals surface area contributed by atoms with Crippen LogP contribution < -0.4 is 5.73 Å². The second kappa shape index (κ2) is 4.76. The number of nitrogens with zero attached hydrogens (tertiary/aromatic N) is 2. The van der Waals surface area contributed by atoms with E-state index in [0.717, 1.165) is 10.7 Å². The number of thioether (sulfide) groups is 1. The maximum atomic E-state index is 5.73. The Hall–Kier alpha value is -1.30. The van der Waals surface area contributed by atoms with E-state index in [0.29, 0.717) is 6.54 Å². The summed E-state index contributed by atoms with van der Waals surface area (Å²) in [5.74, 6) is 0.912. The van der Waals surface area contributed by atoms with Gasteiger partial charge in [-0.2, -0.15) is 0 Å². The minimum atomic E-state index is 0.459. The van der Waals surface area contributed by atoms with E-state index in [1.807, 2.05) is 6.20 Å². The lowest BCUT2D eigenvalue weighted by molar-refractivity contribution is 0.912. The molecule has 0 saturated carbocycles. The highest BCUT2D eigenvalue weighted by molar-refractivity contribution is 7.98. The van der Waals surface area contributed by atoms with E-state index in [-0.39, 0.29) is 0 Å². The first-order valence-electron chi connectivity index (χ1n) is 5.62. The molecule has 0 bridgehead atoms. The molecule has 3 aromatic rings. The Bertz CT molecular complexity index is 667. The third kappa shape index (κ3) is 1.84. The number of nitrogens with two attached hydrogens (primary N) is 1. The maximum absolute atomic E-state index is 5.73. The predicted molar refractivity (Wildman–Crippen MR) is 78.2 cm³/mol. The van der Waals surface area contributed by atoms with Crippen LogP contribution in [-0.4, -0.2) is 15.6 Å². The normalized spacial score (nSPS) is 11.2. The predicted octanol–water partition coefficient (Wildman–Crippen LogP) is 3.24. The van der Waals surface area contributed by atoms with E-state index in [9.17, 15) is 0 Å². The van der Waals surface area contributed by atoms with Crippen LogP contribution in [0.2, 0.25) is 0 Å². The summed E-state index contributed by atoms with van der Waals surface area (Å²) >= 11 is 3.45. The molecule has 3 rings (SSSR count). The number of thiazole rings is 1.